The van der Waals surface area contributed by atoms with Crippen LogP contribution in [0.3, 0.4) is 0 Å². The summed E-state index contributed by atoms with van der Waals surface area (Å²) in [4.78, 5) is 12.0. The molecule has 0 aromatic heterocycles. The highest BCUT2D eigenvalue weighted by molar-refractivity contribution is 5.79. The molecule has 1 aliphatic rings. The van der Waals surface area contributed by atoms with Crippen molar-refractivity contribution in [3.63, 3.8) is 0 Å². The Kier molecular flexibility index (Phi) is 3.52. The van der Waals surface area contributed by atoms with E-state index in [-0.39, 0.29) is 11.9 Å². The molecule has 0 bridgehead atoms. The standard InChI is InChI=1S/C17H17NO2/c19-16(10-12-6-2-1-3-7-12)18-15-11-13-8-4-5-9-14(13)17(15)20/h1-9,15,17,20H,10-11H2,(H,18,19). The number of hydrogen-bond donors (Lipinski definition) is 2. The van der Waals surface area contributed by atoms with E-state index >= 15 is 0 Å². The lowest BCUT2D eigenvalue weighted by Crippen LogP contribution is -2.38. The second-order valence-corrected chi connectivity index (χ2v) is 5.18. The highest BCUT2D eigenvalue weighted by atomic mass is 16.3. The molecule has 102 valence electrons. The van der Waals surface area contributed by atoms with Crippen molar-refractivity contribution in [2.24, 2.45) is 0 Å². The van der Waals surface area contributed by atoms with E-state index in [0.717, 1.165) is 16.7 Å². The number of aliphatic hydroxyl groups excluding tert-OH is 1. The quantitative estimate of drug-likeness (QED) is 0.893. The molecule has 0 radical (unpaired) electrons. The summed E-state index contributed by atoms with van der Waals surface area (Å²) in [7, 11) is 0. The van der Waals surface area contributed by atoms with Gasteiger partial charge in [0.1, 0.15) is 0 Å². The summed E-state index contributed by atoms with van der Waals surface area (Å²) < 4.78 is 0. The lowest BCUT2D eigenvalue weighted by Gasteiger charge is -2.17. The van der Waals surface area contributed by atoms with Gasteiger partial charge in [-0.05, 0) is 23.1 Å². The second kappa shape index (κ2) is 5.47. The zero-order valence-corrected chi connectivity index (χ0v) is 11.1. The molecule has 1 amide bonds. The van der Waals surface area contributed by atoms with E-state index in [1.165, 1.54) is 0 Å². The minimum absolute atomic E-state index is 0.0481. The van der Waals surface area contributed by atoms with Crippen LogP contribution in [-0.2, 0) is 17.6 Å². The molecule has 3 nitrogen and oxygen atoms in total. The number of aliphatic hydroxyl groups is 1. The van der Waals surface area contributed by atoms with E-state index in [0.29, 0.717) is 12.8 Å². The fraction of sp³-hybridized carbons (Fsp3) is 0.235. The van der Waals surface area contributed by atoms with Crippen molar-refractivity contribution in [1.29, 1.82) is 0 Å². The van der Waals surface area contributed by atoms with Gasteiger partial charge in [-0.2, -0.15) is 0 Å². The molecule has 2 N–H and O–H groups in total. The molecule has 0 heterocycles. The number of nitrogens with one attached hydrogen (secondary N) is 1. The van der Waals surface area contributed by atoms with E-state index in [1.54, 1.807) is 0 Å². The molecule has 0 spiro atoms. The summed E-state index contributed by atoms with van der Waals surface area (Å²) in [5.74, 6) is -0.0481. The van der Waals surface area contributed by atoms with Gasteiger partial charge < -0.3 is 10.4 Å². The summed E-state index contributed by atoms with van der Waals surface area (Å²) >= 11 is 0. The molecule has 2 unspecified atom stereocenters. The lowest BCUT2D eigenvalue weighted by atomic mass is 10.1. The fourth-order valence-electron chi connectivity index (χ4n) is 2.74. The Morgan fingerprint density at radius 1 is 1.10 bits per heavy atom. The smallest absolute Gasteiger partial charge is 0.224 e. The first-order valence-corrected chi connectivity index (χ1v) is 6.83. The third-order valence-electron chi connectivity index (χ3n) is 3.75. The molecule has 2 atom stereocenters. The van der Waals surface area contributed by atoms with E-state index in [9.17, 15) is 9.90 Å². The van der Waals surface area contributed by atoms with E-state index in [4.69, 9.17) is 0 Å². The Morgan fingerprint density at radius 3 is 2.55 bits per heavy atom. The monoisotopic (exact) mass is 267 g/mol. The first-order chi connectivity index (χ1) is 9.74. The summed E-state index contributed by atoms with van der Waals surface area (Å²) in [5, 5.41) is 13.2. The van der Waals surface area contributed by atoms with Crippen LogP contribution in [-0.4, -0.2) is 17.1 Å². The van der Waals surface area contributed by atoms with E-state index < -0.39 is 6.10 Å². The Labute approximate surface area is 118 Å². The lowest BCUT2D eigenvalue weighted by molar-refractivity contribution is -0.121. The van der Waals surface area contributed by atoms with Gasteiger partial charge in [0.05, 0.1) is 18.6 Å². The summed E-state index contributed by atoms with van der Waals surface area (Å²) in [6, 6.07) is 17.2. The largest absolute Gasteiger partial charge is 0.386 e. The minimum Gasteiger partial charge on any atom is -0.386 e. The fourth-order valence-corrected chi connectivity index (χ4v) is 2.74. The maximum atomic E-state index is 12.0. The van der Waals surface area contributed by atoms with E-state index in [2.05, 4.69) is 5.32 Å². The van der Waals surface area contributed by atoms with Crippen LogP contribution in [0.1, 0.15) is 22.8 Å². The molecular formula is C17H17NO2. The first-order valence-electron chi connectivity index (χ1n) is 6.83. The number of fused-ring (bicyclic) bond motifs is 1. The van der Waals surface area contributed by atoms with Gasteiger partial charge in [-0.15, -0.1) is 0 Å². The molecule has 0 saturated carbocycles. The molecule has 0 fully saturated rings. The Bertz CT molecular complexity index is 609. The third kappa shape index (κ3) is 2.58. The minimum atomic E-state index is -0.606. The zero-order valence-electron chi connectivity index (χ0n) is 11.1. The molecular weight excluding hydrogens is 250 g/mol. The highest BCUT2D eigenvalue weighted by Crippen LogP contribution is 2.30. The second-order valence-electron chi connectivity index (χ2n) is 5.18. The first kappa shape index (κ1) is 12.9. The average Bonchev–Trinajstić information content (AvgIpc) is 2.77. The third-order valence-corrected chi connectivity index (χ3v) is 3.75. The van der Waals surface area contributed by atoms with Gasteiger partial charge in [0, 0.05) is 0 Å². The summed E-state index contributed by atoms with van der Waals surface area (Å²) in [6.07, 6.45) is 0.434. The molecule has 0 aliphatic heterocycles. The van der Waals surface area contributed by atoms with Crippen molar-refractivity contribution in [2.45, 2.75) is 25.0 Å². The van der Waals surface area contributed by atoms with Crippen LogP contribution in [0, 0.1) is 0 Å². The zero-order chi connectivity index (χ0) is 13.9. The van der Waals surface area contributed by atoms with Crippen LogP contribution >= 0.6 is 0 Å². The maximum absolute atomic E-state index is 12.0. The normalized spacial score (nSPS) is 20.4. The van der Waals surface area contributed by atoms with Crippen molar-refractivity contribution in [1.82, 2.24) is 5.32 Å². The van der Waals surface area contributed by atoms with Crippen LogP contribution < -0.4 is 5.32 Å². The van der Waals surface area contributed by atoms with Gasteiger partial charge in [0.25, 0.3) is 0 Å². The van der Waals surface area contributed by atoms with Gasteiger partial charge in [-0.25, -0.2) is 0 Å². The van der Waals surface area contributed by atoms with E-state index in [1.807, 2.05) is 54.6 Å². The van der Waals surface area contributed by atoms with Crippen molar-refractivity contribution < 1.29 is 9.90 Å². The topological polar surface area (TPSA) is 49.3 Å². The Morgan fingerprint density at radius 2 is 1.80 bits per heavy atom. The van der Waals surface area contributed by atoms with Gasteiger partial charge in [0.2, 0.25) is 5.91 Å². The van der Waals surface area contributed by atoms with Crippen molar-refractivity contribution >= 4 is 5.91 Å². The van der Waals surface area contributed by atoms with Crippen LogP contribution in [0.15, 0.2) is 54.6 Å². The van der Waals surface area contributed by atoms with Gasteiger partial charge in [0.15, 0.2) is 0 Å². The average molecular weight is 267 g/mol. The number of amides is 1. The molecule has 1 aliphatic carbocycles. The summed E-state index contributed by atoms with van der Waals surface area (Å²) in [5.41, 5.74) is 3.03. The number of benzene rings is 2. The number of hydrogen-bond acceptors (Lipinski definition) is 2. The molecule has 2 aromatic carbocycles. The Hall–Kier alpha value is -2.13. The molecule has 3 heteroatoms. The Balaban J connectivity index is 1.64. The van der Waals surface area contributed by atoms with Gasteiger partial charge >= 0.3 is 0 Å². The summed E-state index contributed by atoms with van der Waals surface area (Å²) in [6.45, 7) is 0. The van der Waals surface area contributed by atoms with Crippen LogP contribution in [0.25, 0.3) is 0 Å². The number of carbonyl (C=O) groups excluding carboxylic acids is 1. The predicted octanol–water partition coefficient (Wildman–Crippen LogP) is 2.00. The molecule has 3 rings (SSSR count). The van der Waals surface area contributed by atoms with Crippen LogP contribution in [0.4, 0.5) is 0 Å². The number of rotatable bonds is 3. The van der Waals surface area contributed by atoms with Crippen molar-refractivity contribution in [2.75, 3.05) is 0 Å². The van der Waals surface area contributed by atoms with Gasteiger partial charge in [-0.1, -0.05) is 54.6 Å². The van der Waals surface area contributed by atoms with Crippen LogP contribution in [0.5, 0.6) is 0 Å². The SMILES string of the molecule is O=C(Cc1ccccc1)NC1Cc2ccccc2C1O. The number of carbonyl (C=O) groups is 1. The van der Waals surface area contributed by atoms with Crippen molar-refractivity contribution in [3.05, 3.63) is 71.3 Å². The predicted molar refractivity (Wildman–Crippen MR) is 77.2 cm³/mol. The molecule has 2 aromatic rings. The molecule has 20 heavy (non-hydrogen) atoms. The highest BCUT2D eigenvalue weighted by Gasteiger charge is 2.31. The van der Waals surface area contributed by atoms with Crippen molar-refractivity contribution in [3.8, 4) is 0 Å². The van der Waals surface area contributed by atoms with Crippen LogP contribution in [0.2, 0.25) is 0 Å². The maximum Gasteiger partial charge on any atom is 0.224 e. The van der Waals surface area contributed by atoms with Gasteiger partial charge in [-0.3, -0.25) is 4.79 Å². The molecule has 0 saturated heterocycles.